The van der Waals surface area contributed by atoms with E-state index in [0.717, 1.165) is 69.6 Å². The van der Waals surface area contributed by atoms with Crippen LogP contribution in [0.3, 0.4) is 0 Å². The maximum Gasteiger partial charge on any atom is 0.306 e. The van der Waals surface area contributed by atoms with Gasteiger partial charge in [-0.25, -0.2) is 0 Å². The Balaban J connectivity index is 4.28. The van der Waals surface area contributed by atoms with E-state index in [0.29, 0.717) is 19.3 Å². The Morgan fingerprint density at radius 2 is 0.585 bits per heavy atom. The van der Waals surface area contributed by atoms with Crippen molar-refractivity contribution in [2.45, 2.75) is 336 Å². The van der Waals surface area contributed by atoms with Gasteiger partial charge >= 0.3 is 17.9 Å². The number of carbonyl (C=O) groups excluding carboxylic acids is 3. The highest BCUT2D eigenvalue weighted by Gasteiger charge is 2.19. The minimum Gasteiger partial charge on any atom is -0.462 e. The van der Waals surface area contributed by atoms with E-state index in [-0.39, 0.29) is 31.1 Å². The Morgan fingerprint density at radius 3 is 0.877 bits per heavy atom. The molecule has 6 heteroatoms. The highest BCUT2D eigenvalue weighted by atomic mass is 16.6. The average molecular weight is 920 g/mol. The van der Waals surface area contributed by atoms with Gasteiger partial charge in [0.05, 0.1) is 0 Å². The highest BCUT2D eigenvalue weighted by molar-refractivity contribution is 5.71. The molecular weight excluding hydrogens is 805 g/mol. The molecule has 0 aromatic carbocycles. The SMILES string of the molecule is CCCCCCCCCCCCCCCCCCCC(=O)O[C@H](COC(=O)CCCCCCCCCCCCCCCCC(C)CC)COC(=O)CCCCCCCCCCCC(C)C. The van der Waals surface area contributed by atoms with Crippen molar-refractivity contribution >= 4 is 17.9 Å². The zero-order valence-corrected chi connectivity index (χ0v) is 44.6. The van der Waals surface area contributed by atoms with Crippen molar-refractivity contribution in [2.75, 3.05) is 13.2 Å². The van der Waals surface area contributed by atoms with Crippen LogP contribution in [0.4, 0.5) is 0 Å². The third kappa shape index (κ3) is 51.6. The summed E-state index contributed by atoms with van der Waals surface area (Å²) in [6.45, 7) is 11.4. The number of hydrogen-bond donors (Lipinski definition) is 0. The predicted molar refractivity (Wildman–Crippen MR) is 280 cm³/mol. The summed E-state index contributed by atoms with van der Waals surface area (Å²) in [5.74, 6) is 0.864. The molecule has 0 aliphatic heterocycles. The smallest absolute Gasteiger partial charge is 0.306 e. The maximum absolute atomic E-state index is 12.9. The lowest BCUT2D eigenvalue weighted by molar-refractivity contribution is -0.167. The molecule has 0 rings (SSSR count). The van der Waals surface area contributed by atoms with Gasteiger partial charge in [-0.3, -0.25) is 14.4 Å². The second-order valence-corrected chi connectivity index (χ2v) is 21.0. The Kier molecular flexibility index (Phi) is 50.5. The van der Waals surface area contributed by atoms with Crippen molar-refractivity contribution in [3.63, 3.8) is 0 Å². The maximum atomic E-state index is 12.9. The fourth-order valence-corrected chi connectivity index (χ4v) is 9.02. The van der Waals surface area contributed by atoms with Crippen molar-refractivity contribution < 1.29 is 28.6 Å². The Bertz CT molecular complexity index is 995. The quantitative estimate of drug-likeness (QED) is 0.0344. The van der Waals surface area contributed by atoms with Crippen molar-refractivity contribution in [2.24, 2.45) is 11.8 Å². The van der Waals surface area contributed by atoms with Crippen LogP contribution < -0.4 is 0 Å². The third-order valence-electron chi connectivity index (χ3n) is 13.8. The molecule has 2 atom stereocenters. The lowest BCUT2D eigenvalue weighted by atomic mass is 9.99. The van der Waals surface area contributed by atoms with Gasteiger partial charge in [0, 0.05) is 19.3 Å². The van der Waals surface area contributed by atoms with E-state index >= 15 is 0 Å². The molecule has 0 spiro atoms. The van der Waals surface area contributed by atoms with Gasteiger partial charge in [0.15, 0.2) is 6.10 Å². The number of hydrogen-bond acceptors (Lipinski definition) is 6. The number of unbranched alkanes of at least 4 members (excludes halogenated alkanes) is 37. The van der Waals surface area contributed by atoms with Gasteiger partial charge in [-0.05, 0) is 31.1 Å². The largest absolute Gasteiger partial charge is 0.462 e. The third-order valence-corrected chi connectivity index (χ3v) is 13.8. The molecule has 0 aromatic rings. The first kappa shape index (κ1) is 63.4. The summed E-state index contributed by atoms with van der Waals surface area (Å²) in [4.78, 5) is 38.1. The molecule has 0 aromatic heterocycles. The van der Waals surface area contributed by atoms with Crippen LogP contribution in [0, 0.1) is 11.8 Å². The van der Waals surface area contributed by atoms with Crippen LogP contribution in [0.2, 0.25) is 0 Å². The molecule has 65 heavy (non-hydrogen) atoms. The molecule has 0 heterocycles. The van der Waals surface area contributed by atoms with Crippen molar-refractivity contribution in [1.29, 1.82) is 0 Å². The summed E-state index contributed by atoms with van der Waals surface area (Å²) >= 11 is 0. The zero-order valence-electron chi connectivity index (χ0n) is 44.6. The first-order valence-corrected chi connectivity index (χ1v) is 29.3. The molecule has 0 aliphatic carbocycles. The molecule has 386 valence electrons. The van der Waals surface area contributed by atoms with Crippen molar-refractivity contribution in [1.82, 2.24) is 0 Å². The van der Waals surface area contributed by atoms with Crippen LogP contribution in [0.15, 0.2) is 0 Å². The van der Waals surface area contributed by atoms with Crippen molar-refractivity contribution in [3.05, 3.63) is 0 Å². The van der Waals surface area contributed by atoms with Crippen LogP contribution >= 0.6 is 0 Å². The number of rotatable bonds is 53. The van der Waals surface area contributed by atoms with E-state index in [1.165, 1.54) is 218 Å². The van der Waals surface area contributed by atoms with Gasteiger partial charge in [0.25, 0.3) is 0 Å². The lowest BCUT2D eigenvalue weighted by Gasteiger charge is -2.18. The van der Waals surface area contributed by atoms with Crippen LogP contribution in [-0.4, -0.2) is 37.2 Å². The summed E-state index contributed by atoms with van der Waals surface area (Å²) in [7, 11) is 0. The topological polar surface area (TPSA) is 78.9 Å². The second-order valence-electron chi connectivity index (χ2n) is 21.0. The summed E-state index contributed by atoms with van der Waals surface area (Å²) in [6, 6.07) is 0. The van der Waals surface area contributed by atoms with Gasteiger partial charge in [0.2, 0.25) is 0 Å². The molecule has 0 amide bonds. The first-order chi connectivity index (χ1) is 31.8. The molecular formula is C59H114O6. The summed E-state index contributed by atoms with van der Waals surface area (Å²) in [6.07, 6.45) is 55.2. The molecule has 0 bridgehead atoms. The number of carbonyl (C=O) groups is 3. The van der Waals surface area contributed by atoms with E-state index in [9.17, 15) is 14.4 Å². The van der Waals surface area contributed by atoms with Gasteiger partial charge in [0.1, 0.15) is 13.2 Å². The molecule has 0 N–H and O–H groups in total. The van der Waals surface area contributed by atoms with Crippen molar-refractivity contribution in [3.8, 4) is 0 Å². The lowest BCUT2D eigenvalue weighted by Crippen LogP contribution is -2.30. The fourth-order valence-electron chi connectivity index (χ4n) is 9.02. The molecule has 0 saturated heterocycles. The predicted octanol–water partition coefficient (Wildman–Crippen LogP) is 19.3. The van der Waals surface area contributed by atoms with E-state index in [2.05, 4.69) is 34.6 Å². The van der Waals surface area contributed by atoms with Crippen LogP contribution in [0.5, 0.6) is 0 Å². The standard InChI is InChI=1S/C59H114O6/c1-6-8-9-10-11-12-13-14-15-16-17-22-25-30-36-41-46-51-59(62)65-56(53-64-58(61)50-45-40-35-31-26-27-32-37-42-47-54(3)4)52-63-57(60)49-44-39-34-29-24-21-19-18-20-23-28-33-38-43-48-55(5)7-2/h54-56H,6-53H2,1-5H3/t55?,56-/m1/s1. The normalized spacial score (nSPS) is 12.5. The van der Waals surface area contributed by atoms with Crippen LogP contribution in [0.1, 0.15) is 330 Å². The van der Waals surface area contributed by atoms with Gasteiger partial charge in [-0.2, -0.15) is 0 Å². The first-order valence-electron chi connectivity index (χ1n) is 29.3. The highest BCUT2D eigenvalue weighted by Crippen LogP contribution is 2.19. The van der Waals surface area contributed by atoms with Crippen LogP contribution in [-0.2, 0) is 28.6 Å². The minimum atomic E-state index is -0.763. The van der Waals surface area contributed by atoms with E-state index < -0.39 is 6.10 Å². The second kappa shape index (κ2) is 51.8. The minimum absolute atomic E-state index is 0.0629. The van der Waals surface area contributed by atoms with E-state index in [1.807, 2.05) is 0 Å². The molecule has 1 unspecified atom stereocenters. The molecule has 0 saturated carbocycles. The Morgan fingerprint density at radius 1 is 0.323 bits per heavy atom. The van der Waals surface area contributed by atoms with E-state index in [1.54, 1.807) is 0 Å². The zero-order chi connectivity index (χ0) is 47.5. The van der Waals surface area contributed by atoms with Gasteiger partial charge in [-0.1, -0.05) is 291 Å². The van der Waals surface area contributed by atoms with Gasteiger partial charge in [-0.15, -0.1) is 0 Å². The summed E-state index contributed by atoms with van der Waals surface area (Å²) in [5, 5.41) is 0. The molecule has 0 radical (unpaired) electrons. The number of esters is 3. The molecule has 0 fully saturated rings. The Hall–Kier alpha value is -1.59. The monoisotopic (exact) mass is 919 g/mol. The molecule has 6 nitrogen and oxygen atoms in total. The average Bonchev–Trinajstić information content (AvgIpc) is 3.29. The fraction of sp³-hybridized carbons (Fsp3) is 0.949. The van der Waals surface area contributed by atoms with E-state index in [4.69, 9.17) is 14.2 Å². The number of ether oxygens (including phenoxy) is 3. The Labute approximate surface area is 406 Å². The van der Waals surface area contributed by atoms with Crippen LogP contribution in [0.25, 0.3) is 0 Å². The summed E-state index contributed by atoms with van der Waals surface area (Å²) < 4.78 is 16.9. The molecule has 0 aliphatic rings. The summed E-state index contributed by atoms with van der Waals surface area (Å²) in [5.41, 5.74) is 0. The van der Waals surface area contributed by atoms with Gasteiger partial charge < -0.3 is 14.2 Å².